The van der Waals surface area contributed by atoms with E-state index in [1.165, 1.54) is 7.11 Å². The molecule has 2 aromatic rings. The Morgan fingerprint density at radius 2 is 1.89 bits per heavy atom. The molecule has 0 heterocycles. The maximum Gasteiger partial charge on any atom is 0.259 e. The first kappa shape index (κ1) is 13.7. The Balaban J connectivity index is 2.30. The van der Waals surface area contributed by atoms with Crippen molar-refractivity contribution in [3.63, 3.8) is 0 Å². The summed E-state index contributed by atoms with van der Waals surface area (Å²) in [4.78, 5) is 12.2. The Kier molecular flexibility index (Phi) is 4.30. The van der Waals surface area contributed by atoms with E-state index in [0.29, 0.717) is 27.0 Å². The number of anilines is 1. The monoisotopic (exact) mass is 295 g/mol. The van der Waals surface area contributed by atoms with Gasteiger partial charge >= 0.3 is 0 Å². The van der Waals surface area contributed by atoms with Gasteiger partial charge in [-0.05, 0) is 30.3 Å². The largest absolute Gasteiger partial charge is 0.496 e. The van der Waals surface area contributed by atoms with Gasteiger partial charge in [-0.3, -0.25) is 4.79 Å². The van der Waals surface area contributed by atoms with Crippen LogP contribution in [0.5, 0.6) is 5.75 Å². The third-order valence-electron chi connectivity index (χ3n) is 2.53. The average Bonchev–Trinajstić information content (AvgIpc) is 2.41. The summed E-state index contributed by atoms with van der Waals surface area (Å²) >= 11 is 11.9. The second kappa shape index (κ2) is 5.95. The van der Waals surface area contributed by atoms with E-state index in [1.807, 2.05) is 0 Å². The normalized spacial score (nSPS) is 10.1. The van der Waals surface area contributed by atoms with Crippen LogP contribution in [0.15, 0.2) is 42.5 Å². The van der Waals surface area contributed by atoms with Crippen LogP contribution in [0.2, 0.25) is 10.0 Å². The topological polar surface area (TPSA) is 38.3 Å². The number of carbonyl (C=O) groups is 1. The third-order valence-corrected chi connectivity index (χ3v) is 3.09. The van der Waals surface area contributed by atoms with Gasteiger partial charge in [0.05, 0.1) is 23.4 Å². The number of rotatable bonds is 3. The maximum atomic E-state index is 12.2. The minimum atomic E-state index is -0.326. The first-order valence-electron chi connectivity index (χ1n) is 5.51. The van der Waals surface area contributed by atoms with Crippen LogP contribution in [0, 0.1) is 0 Å². The molecule has 0 bridgehead atoms. The Hall–Kier alpha value is -1.71. The molecule has 3 nitrogen and oxygen atoms in total. The van der Waals surface area contributed by atoms with E-state index in [-0.39, 0.29) is 5.91 Å². The molecule has 2 aromatic carbocycles. The average molecular weight is 296 g/mol. The number of ether oxygens (including phenoxy) is 1. The Labute approximate surface area is 121 Å². The van der Waals surface area contributed by atoms with Gasteiger partial charge in [0.15, 0.2) is 0 Å². The molecule has 0 aromatic heterocycles. The summed E-state index contributed by atoms with van der Waals surface area (Å²) in [5, 5.41) is 3.65. The number of hydrogen-bond acceptors (Lipinski definition) is 2. The molecule has 0 fully saturated rings. The van der Waals surface area contributed by atoms with Gasteiger partial charge in [0.25, 0.3) is 5.91 Å². The van der Waals surface area contributed by atoms with E-state index >= 15 is 0 Å². The maximum absolute atomic E-state index is 12.2. The summed E-state index contributed by atoms with van der Waals surface area (Å²) in [7, 11) is 1.50. The SMILES string of the molecule is COc1ccc(Cl)cc1C(=O)Nc1ccccc1Cl. The number of amides is 1. The zero-order valence-corrected chi connectivity index (χ0v) is 11.6. The number of halogens is 2. The number of hydrogen-bond donors (Lipinski definition) is 1. The molecule has 0 saturated heterocycles. The van der Waals surface area contributed by atoms with Crippen molar-refractivity contribution in [2.75, 3.05) is 12.4 Å². The molecule has 19 heavy (non-hydrogen) atoms. The van der Waals surface area contributed by atoms with E-state index < -0.39 is 0 Å². The van der Waals surface area contributed by atoms with Crippen molar-refractivity contribution < 1.29 is 9.53 Å². The highest BCUT2D eigenvalue weighted by atomic mass is 35.5. The second-order valence-corrected chi connectivity index (χ2v) is 4.62. The van der Waals surface area contributed by atoms with Crippen LogP contribution in [-0.2, 0) is 0 Å². The zero-order chi connectivity index (χ0) is 13.8. The molecule has 1 N–H and O–H groups in total. The number of nitrogens with one attached hydrogen (secondary N) is 1. The number of carbonyl (C=O) groups excluding carboxylic acids is 1. The van der Waals surface area contributed by atoms with Gasteiger partial charge in [-0.25, -0.2) is 0 Å². The predicted octanol–water partition coefficient (Wildman–Crippen LogP) is 4.25. The summed E-state index contributed by atoms with van der Waals surface area (Å²) in [6, 6.07) is 11.8. The molecule has 0 aliphatic carbocycles. The minimum absolute atomic E-state index is 0.326. The first-order chi connectivity index (χ1) is 9.11. The van der Waals surface area contributed by atoms with Gasteiger partial charge in [-0.1, -0.05) is 35.3 Å². The van der Waals surface area contributed by atoms with Gasteiger partial charge in [0, 0.05) is 5.02 Å². The van der Waals surface area contributed by atoms with Crippen molar-refractivity contribution in [3.05, 3.63) is 58.1 Å². The standard InChI is InChI=1S/C14H11Cl2NO2/c1-19-13-7-6-9(15)8-10(13)14(18)17-12-5-3-2-4-11(12)16/h2-8H,1H3,(H,17,18). The van der Waals surface area contributed by atoms with Crippen molar-refractivity contribution in [1.29, 1.82) is 0 Å². The lowest BCUT2D eigenvalue weighted by molar-refractivity contribution is 0.102. The Morgan fingerprint density at radius 1 is 1.16 bits per heavy atom. The van der Waals surface area contributed by atoms with Gasteiger partial charge in [-0.2, -0.15) is 0 Å². The van der Waals surface area contributed by atoms with Crippen LogP contribution < -0.4 is 10.1 Å². The molecular formula is C14H11Cl2NO2. The molecule has 98 valence electrons. The Morgan fingerprint density at radius 3 is 2.58 bits per heavy atom. The summed E-state index contributed by atoms with van der Waals surface area (Å²) in [6.07, 6.45) is 0. The lowest BCUT2D eigenvalue weighted by atomic mass is 10.2. The summed E-state index contributed by atoms with van der Waals surface area (Å²) in [5.74, 6) is 0.126. The highest BCUT2D eigenvalue weighted by molar-refractivity contribution is 6.34. The van der Waals surface area contributed by atoms with Crippen molar-refractivity contribution in [1.82, 2.24) is 0 Å². The highest BCUT2D eigenvalue weighted by Gasteiger charge is 2.14. The van der Waals surface area contributed by atoms with E-state index in [0.717, 1.165) is 0 Å². The van der Waals surface area contributed by atoms with Crippen LogP contribution in [0.4, 0.5) is 5.69 Å². The summed E-state index contributed by atoms with van der Waals surface area (Å²) in [6.45, 7) is 0. The van der Waals surface area contributed by atoms with Crippen molar-refractivity contribution >= 4 is 34.8 Å². The van der Waals surface area contributed by atoms with E-state index in [1.54, 1.807) is 42.5 Å². The fraction of sp³-hybridized carbons (Fsp3) is 0.0714. The smallest absolute Gasteiger partial charge is 0.259 e. The predicted molar refractivity (Wildman–Crippen MR) is 77.4 cm³/mol. The molecular weight excluding hydrogens is 285 g/mol. The van der Waals surface area contributed by atoms with Gasteiger partial charge in [0.1, 0.15) is 5.75 Å². The van der Waals surface area contributed by atoms with Crippen molar-refractivity contribution in [2.45, 2.75) is 0 Å². The van der Waals surface area contributed by atoms with Crippen LogP contribution in [0.3, 0.4) is 0 Å². The fourth-order valence-electron chi connectivity index (χ4n) is 1.61. The summed E-state index contributed by atoms with van der Waals surface area (Å²) in [5.41, 5.74) is 0.895. The second-order valence-electron chi connectivity index (χ2n) is 3.78. The van der Waals surface area contributed by atoms with Gasteiger partial charge < -0.3 is 10.1 Å². The van der Waals surface area contributed by atoms with Gasteiger partial charge in [-0.15, -0.1) is 0 Å². The van der Waals surface area contributed by atoms with Crippen molar-refractivity contribution in [2.24, 2.45) is 0 Å². The van der Waals surface area contributed by atoms with Crippen molar-refractivity contribution in [3.8, 4) is 5.75 Å². The third kappa shape index (κ3) is 3.19. The molecule has 0 atom stereocenters. The van der Waals surface area contributed by atoms with Gasteiger partial charge in [0.2, 0.25) is 0 Å². The quantitative estimate of drug-likeness (QED) is 0.919. The van der Waals surface area contributed by atoms with Crippen LogP contribution in [-0.4, -0.2) is 13.0 Å². The number of benzene rings is 2. The molecule has 0 saturated carbocycles. The molecule has 0 aliphatic heterocycles. The molecule has 0 radical (unpaired) electrons. The molecule has 2 rings (SSSR count). The van der Waals surface area contributed by atoms with Crippen LogP contribution in [0.25, 0.3) is 0 Å². The molecule has 1 amide bonds. The summed E-state index contributed by atoms with van der Waals surface area (Å²) < 4.78 is 5.14. The minimum Gasteiger partial charge on any atom is -0.496 e. The fourth-order valence-corrected chi connectivity index (χ4v) is 1.96. The van der Waals surface area contributed by atoms with Crippen LogP contribution in [0.1, 0.15) is 10.4 Å². The lowest BCUT2D eigenvalue weighted by Crippen LogP contribution is -2.13. The lowest BCUT2D eigenvalue weighted by Gasteiger charge is -2.10. The first-order valence-corrected chi connectivity index (χ1v) is 6.27. The molecule has 0 unspecified atom stereocenters. The van der Waals surface area contributed by atoms with Crippen LogP contribution >= 0.6 is 23.2 Å². The zero-order valence-electron chi connectivity index (χ0n) is 10.1. The number of methoxy groups -OCH3 is 1. The van der Waals surface area contributed by atoms with E-state index in [9.17, 15) is 4.79 Å². The number of para-hydroxylation sites is 1. The highest BCUT2D eigenvalue weighted by Crippen LogP contribution is 2.26. The molecule has 0 spiro atoms. The Bertz CT molecular complexity index is 614. The molecule has 0 aliphatic rings. The van der Waals surface area contributed by atoms with E-state index in [2.05, 4.69) is 5.32 Å². The van der Waals surface area contributed by atoms with E-state index in [4.69, 9.17) is 27.9 Å². The molecule has 5 heteroatoms.